The van der Waals surface area contributed by atoms with Crippen LogP contribution in [-0.2, 0) is 19.1 Å². The molecule has 7 nitrogen and oxygen atoms in total. The number of ether oxygens (including phenoxy) is 2. The van der Waals surface area contributed by atoms with Gasteiger partial charge in [-0.05, 0) is 18.4 Å². The van der Waals surface area contributed by atoms with Crippen LogP contribution < -0.4 is 19.3 Å². The number of aromatic amines is 1. The number of hydrogen-bond donors (Lipinski definition) is 1. The molecule has 0 aliphatic carbocycles. The van der Waals surface area contributed by atoms with Gasteiger partial charge in [0.25, 0.3) is 5.56 Å². The van der Waals surface area contributed by atoms with Crippen molar-refractivity contribution in [3.05, 3.63) is 62.3 Å². The second-order valence-electron chi connectivity index (χ2n) is 5.47. The minimum Gasteiger partial charge on any atom is -0.466 e. The lowest BCUT2D eigenvalue weighted by Gasteiger charge is -2.02. The molecule has 138 valence electrons. The van der Waals surface area contributed by atoms with Gasteiger partial charge >= 0.3 is 17.6 Å². The van der Waals surface area contributed by atoms with Gasteiger partial charge in [0.1, 0.15) is 4.53 Å². The van der Waals surface area contributed by atoms with Crippen molar-refractivity contribution in [2.45, 2.75) is 6.92 Å². The Bertz CT molecular complexity index is 1190. The minimum absolute atomic E-state index is 0.139. The highest BCUT2D eigenvalue weighted by Gasteiger charge is 2.25. The average molecular weight is 385 g/mol. The first-order chi connectivity index (χ1) is 13.0. The van der Waals surface area contributed by atoms with Crippen molar-refractivity contribution in [3.63, 3.8) is 0 Å². The number of rotatable bonds is 4. The molecule has 0 spiro atoms. The van der Waals surface area contributed by atoms with Gasteiger partial charge in [-0.1, -0.05) is 18.2 Å². The van der Waals surface area contributed by atoms with E-state index in [1.807, 2.05) is 30.3 Å². The third-order valence-corrected chi connectivity index (χ3v) is 4.77. The summed E-state index contributed by atoms with van der Waals surface area (Å²) in [5.41, 5.74) is -0.321. The molecule has 0 saturated heterocycles. The highest BCUT2D eigenvalue weighted by atomic mass is 32.1. The largest absolute Gasteiger partial charge is 0.466 e. The summed E-state index contributed by atoms with van der Waals surface area (Å²) >= 11 is 0.983. The van der Waals surface area contributed by atoms with E-state index in [-0.39, 0.29) is 21.5 Å². The van der Waals surface area contributed by atoms with E-state index in [1.54, 1.807) is 23.9 Å². The predicted molar refractivity (Wildman–Crippen MR) is 100 cm³/mol. The number of carbonyl (C=O) groups excluding carboxylic acids is 2. The van der Waals surface area contributed by atoms with E-state index >= 15 is 0 Å². The molecule has 0 saturated carbocycles. The van der Waals surface area contributed by atoms with Crippen molar-refractivity contribution in [1.82, 2.24) is 4.98 Å². The zero-order chi connectivity index (χ0) is 19.4. The number of thiazole rings is 1. The molecule has 8 heteroatoms. The predicted octanol–water partition coefficient (Wildman–Crippen LogP) is 0.0502. The van der Waals surface area contributed by atoms with Crippen LogP contribution in [0.3, 0.4) is 0 Å². The van der Waals surface area contributed by atoms with Crippen LogP contribution in [0.15, 0.2) is 47.5 Å². The van der Waals surface area contributed by atoms with E-state index < -0.39 is 17.5 Å². The Labute approximate surface area is 157 Å². The first-order valence-corrected chi connectivity index (χ1v) is 8.95. The average Bonchev–Trinajstić information content (AvgIpc) is 3.01. The normalized spacial score (nSPS) is 12.7. The van der Waals surface area contributed by atoms with E-state index in [1.165, 1.54) is 7.11 Å². The molecule has 0 radical (unpaired) electrons. The Hall–Kier alpha value is -3.26. The van der Waals surface area contributed by atoms with Crippen molar-refractivity contribution in [3.8, 4) is 0 Å². The van der Waals surface area contributed by atoms with Crippen molar-refractivity contribution in [2.24, 2.45) is 0 Å². The van der Waals surface area contributed by atoms with Crippen molar-refractivity contribution in [1.29, 1.82) is 0 Å². The molecule has 1 aromatic carbocycles. The third kappa shape index (κ3) is 3.95. The number of aromatic nitrogens is 2. The lowest BCUT2D eigenvalue weighted by molar-refractivity contribution is -0.577. The van der Waals surface area contributed by atoms with Gasteiger partial charge in [-0.2, -0.15) is 4.57 Å². The van der Waals surface area contributed by atoms with Gasteiger partial charge in [0.2, 0.25) is 0 Å². The number of esters is 2. The number of benzene rings is 1. The van der Waals surface area contributed by atoms with Crippen molar-refractivity contribution >= 4 is 45.8 Å². The zero-order valence-corrected chi connectivity index (χ0v) is 15.5. The Kier molecular flexibility index (Phi) is 5.46. The highest BCUT2D eigenvalue weighted by Crippen LogP contribution is 2.10. The zero-order valence-electron chi connectivity index (χ0n) is 14.7. The standard InChI is InChI=1S/C19H16N2O5S/c1-3-26-19(24)16(18-20-17(23)14(27-18)10-15(22)25-2)21-9-8-12-6-4-5-7-13(12)11-21/h4-11H,3H2,1-2H3/p+1. The fraction of sp³-hybridized carbons (Fsp3) is 0.158. The molecule has 0 aliphatic heterocycles. The van der Waals surface area contributed by atoms with E-state index in [2.05, 4.69) is 9.72 Å². The van der Waals surface area contributed by atoms with Crippen molar-refractivity contribution < 1.29 is 23.6 Å². The lowest BCUT2D eigenvalue weighted by atomic mass is 10.2. The molecule has 1 N–H and O–H groups in total. The maximum atomic E-state index is 12.6. The van der Waals surface area contributed by atoms with E-state index in [0.717, 1.165) is 28.2 Å². The molecule has 2 aromatic heterocycles. The first kappa shape index (κ1) is 18.5. The monoisotopic (exact) mass is 385 g/mol. The Morgan fingerprint density at radius 1 is 1.22 bits per heavy atom. The van der Waals surface area contributed by atoms with Gasteiger partial charge in [0, 0.05) is 17.5 Å². The van der Waals surface area contributed by atoms with E-state index in [4.69, 9.17) is 4.74 Å². The molecule has 0 fully saturated rings. The van der Waals surface area contributed by atoms with Gasteiger partial charge < -0.3 is 14.5 Å². The number of fused-ring (bicyclic) bond motifs is 1. The van der Waals surface area contributed by atoms with Gasteiger partial charge in [-0.3, -0.25) is 4.79 Å². The van der Waals surface area contributed by atoms with Gasteiger partial charge in [-0.15, -0.1) is 11.3 Å². The van der Waals surface area contributed by atoms with Crippen LogP contribution in [0.25, 0.3) is 22.5 Å². The van der Waals surface area contributed by atoms with Crippen LogP contribution in [0.4, 0.5) is 0 Å². The summed E-state index contributed by atoms with van der Waals surface area (Å²) in [7, 11) is 1.22. The van der Waals surface area contributed by atoms with Crippen LogP contribution in [0, 0.1) is 0 Å². The first-order valence-electron chi connectivity index (χ1n) is 8.14. The lowest BCUT2D eigenvalue weighted by Crippen LogP contribution is -2.42. The summed E-state index contributed by atoms with van der Waals surface area (Å²) in [4.78, 5) is 38.8. The SMILES string of the molecule is CCOC(=O)/C(=c1/[nH]c(=O)c(=CC(=O)OC)s1)[n+]1ccc2ccccc2c1. The van der Waals surface area contributed by atoms with Crippen LogP contribution in [0.2, 0.25) is 0 Å². The topological polar surface area (TPSA) is 89.3 Å². The second kappa shape index (κ2) is 7.96. The molecule has 3 aromatic rings. The highest BCUT2D eigenvalue weighted by molar-refractivity contribution is 7.07. The van der Waals surface area contributed by atoms with Crippen LogP contribution in [0.5, 0.6) is 0 Å². The summed E-state index contributed by atoms with van der Waals surface area (Å²) in [6.07, 6.45) is 4.58. The van der Waals surface area contributed by atoms with Crippen LogP contribution in [-0.4, -0.2) is 30.6 Å². The second-order valence-corrected chi connectivity index (χ2v) is 6.52. The Morgan fingerprint density at radius 3 is 2.67 bits per heavy atom. The molecule has 0 aliphatic rings. The number of nitrogens with one attached hydrogen (secondary N) is 1. The molecule has 0 amide bonds. The van der Waals surface area contributed by atoms with Gasteiger partial charge in [0.05, 0.1) is 13.7 Å². The maximum Gasteiger partial charge on any atom is 0.407 e. The molecule has 0 unspecified atom stereocenters. The van der Waals surface area contributed by atoms with Crippen molar-refractivity contribution in [2.75, 3.05) is 13.7 Å². The van der Waals surface area contributed by atoms with E-state index in [9.17, 15) is 14.4 Å². The summed E-state index contributed by atoms with van der Waals surface area (Å²) < 4.78 is 11.7. The van der Waals surface area contributed by atoms with Crippen LogP contribution >= 0.6 is 11.3 Å². The minimum atomic E-state index is -0.648. The fourth-order valence-electron chi connectivity index (χ4n) is 2.50. The summed E-state index contributed by atoms with van der Waals surface area (Å²) in [5.74, 6) is -1.23. The molecule has 3 rings (SSSR count). The van der Waals surface area contributed by atoms with Gasteiger partial charge in [0.15, 0.2) is 17.1 Å². The molecule has 27 heavy (non-hydrogen) atoms. The van der Waals surface area contributed by atoms with Gasteiger partial charge in [-0.25, -0.2) is 9.59 Å². The summed E-state index contributed by atoms with van der Waals surface area (Å²) in [5, 5.41) is 1.93. The van der Waals surface area contributed by atoms with E-state index in [0.29, 0.717) is 0 Å². The smallest absolute Gasteiger partial charge is 0.407 e. The number of nitrogens with zero attached hydrogens (tertiary/aromatic N) is 1. The molecular formula is C19H17N2O5S+. The number of methoxy groups -OCH3 is 1. The number of carbonyl (C=O) groups is 2. The summed E-state index contributed by atoms with van der Waals surface area (Å²) in [6, 6.07) is 9.56. The quantitative estimate of drug-likeness (QED) is 0.506. The third-order valence-electron chi connectivity index (χ3n) is 3.74. The Morgan fingerprint density at radius 2 is 1.96 bits per heavy atom. The number of pyridine rings is 1. The Balaban J connectivity index is 2.28. The fourth-order valence-corrected chi connectivity index (χ4v) is 3.45. The molecular weight excluding hydrogens is 368 g/mol. The molecule has 0 bridgehead atoms. The summed E-state index contributed by atoms with van der Waals surface area (Å²) in [6.45, 7) is 1.89. The van der Waals surface area contributed by atoms with Crippen LogP contribution in [0.1, 0.15) is 6.92 Å². The number of hydrogen-bond acceptors (Lipinski definition) is 6. The molecule has 0 atom stereocenters. The maximum absolute atomic E-state index is 12.6. The molecule has 2 heterocycles. The number of H-pyrrole nitrogens is 1.